The molecule has 2 aromatic heterocycles. The molecule has 0 amide bonds. The second-order valence-electron chi connectivity index (χ2n) is 3.18. The molecule has 0 aliphatic carbocycles. The molecule has 0 radical (unpaired) electrons. The van der Waals surface area contributed by atoms with Gasteiger partial charge in [-0.25, -0.2) is 9.97 Å². The first-order valence-electron chi connectivity index (χ1n) is 4.79. The van der Waals surface area contributed by atoms with E-state index in [1.165, 1.54) is 13.3 Å². The number of rotatable bonds is 3. The standard InChI is InChI=1S/C10H7ClN4O3/c1-18-7-3-2-4-12-9(7)8-6(15(16)17)5-13-10(11)14-8/h2-5H,1H3. The molecular formula is C10H7ClN4O3. The third-order valence-corrected chi connectivity index (χ3v) is 2.33. The van der Waals surface area contributed by atoms with Crippen LogP contribution in [0.3, 0.4) is 0 Å². The highest BCUT2D eigenvalue weighted by Crippen LogP contribution is 2.32. The van der Waals surface area contributed by atoms with E-state index >= 15 is 0 Å². The minimum atomic E-state index is -0.597. The van der Waals surface area contributed by atoms with Crippen LogP contribution >= 0.6 is 11.6 Å². The molecule has 0 atom stereocenters. The van der Waals surface area contributed by atoms with Gasteiger partial charge < -0.3 is 4.74 Å². The smallest absolute Gasteiger partial charge is 0.315 e. The highest BCUT2D eigenvalue weighted by atomic mass is 35.5. The zero-order chi connectivity index (χ0) is 13.1. The third-order valence-electron chi connectivity index (χ3n) is 2.15. The summed E-state index contributed by atoms with van der Waals surface area (Å²) in [5.41, 5.74) is -0.00940. The van der Waals surface area contributed by atoms with Gasteiger partial charge in [-0.3, -0.25) is 15.1 Å². The number of pyridine rings is 1. The number of hydrogen-bond acceptors (Lipinski definition) is 6. The predicted molar refractivity (Wildman–Crippen MR) is 63.5 cm³/mol. The number of nitrogens with zero attached hydrogens (tertiary/aromatic N) is 4. The van der Waals surface area contributed by atoms with Crippen molar-refractivity contribution in [3.63, 3.8) is 0 Å². The number of hydrogen-bond donors (Lipinski definition) is 0. The quantitative estimate of drug-likeness (QED) is 0.480. The highest BCUT2D eigenvalue weighted by Gasteiger charge is 2.22. The summed E-state index contributed by atoms with van der Waals surface area (Å²) < 4.78 is 5.09. The average Bonchev–Trinajstić information content (AvgIpc) is 2.38. The fourth-order valence-electron chi connectivity index (χ4n) is 1.39. The Morgan fingerprint density at radius 1 is 1.39 bits per heavy atom. The van der Waals surface area contributed by atoms with Crippen LogP contribution in [0.5, 0.6) is 5.75 Å². The van der Waals surface area contributed by atoms with Crippen LogP contribution in [0.25, 0.3) is 11.4 Å². The van der Waals surface area contributed by atoms with Crippen molar-refractivity contribution in [1.82, 2.24) is 15.0 Å². The van der Waals surface area contributed by atoms with Gasteiger partial charge in [0.15, 0.2) is 5.69 Å². The predicted octanol–water partition coefficient (Wildman–Crippen LogP) is 2.11. The number of ether oxygens (including phenoxy) is 1. The fourth-order valence-corrected chi connectivity index (χ4v) is 1.53. The molecule has 2 aromatic rings. The van der Waals surface area contributed by atoms with Gasteiger partial charge in [-0.2, -0.15) is 0 Å². The second kappa shape index (κ2) is 4.92. The van der Waals surface area contributed by atoms with Crippen molar-refractivity contribution in [2.24, 2.45) is 0 Å². The normalized spacial score (nSPS) is 10.1. The summed E-state index contributed by atoms with van der Waals surface area (Å²) >= 11 is 5.65. The third kappa shape index (κ3) is 2.21. The number of nitro groups is 1. The molecule has 2 heterocycles. The Hall–Kier alpha value is -2.28. The molecule has 0 bridgehead atoms. The molecule has 0 spiro atoms. The van der Waals surface area contributed by atoms with E-state index < -0.39 is 4.92 Å². The topological polar surface area (TPSA) is 91.0 Å². The zero-order valence-electron chi connectivity index (χ0n) is 9.20. The van der Waals surface area contributed by atoms with Gasteiger partial charge in [0, 0.05) is 6.20 Å². The van der Waals surface area contributed by atoms with Gasteiger partial charge in [0.05, 0.1) is 12.0 Å². The van der Waals surface area contributed by atoms with Crippen molar-refractivity contribution in [1.29, 1.82) is 0 Å². The van der Waals surface area contributed by atoms with E-state index in [1.54, 1.807) is 12.1 Å². The molecule has 2 rings (SSSR count). The summed E-state index contributed by atoms with van der Waals surface area (Å²) in [4.78, 5) is 21.8. The fraction of sp³-hybridized carbons (Fsp3) is 0.100. The summed E-state index contributed by atoms with van der Waals surface area (Å²) in [5, 5.41) is 10.8. The first-order valence-corrected chi connectivity index (χ1v) is 5.17. The van der Waals surface area contributed by atoms with Crippen LogP contribution in [0, 0.1) is 10.1 Å². The maximum atomic E-state index is 10.9. The highest BCUT2D eigenvalue weighted by molar-refractivity contribution is 6.28. The van der Waals surface area contributed by atoms with Gasteiger partial charge in [0.25, 0.3) is 0 Å². The molecule has 0 N–H and O–H groups in total. The molecule has 0 aliphatic rings. The summed E-state index contributed by atoms with van der Waals surface area (Å²) in [6.07, 6.45) is 2.52. The van der Waals surface area contributed by atoms with Crippen molar-refractivity contribution in [2.75, 3.05) is 7.11 Å². The van der Waals surface area contributed by atoms with Crippen molar-refractivity contribution < 1.29 is 9.66 Å². The van der Waals surface area contributed by atoms with E-state index in [2.05, 4.69) is 15.0 Å². The van der Waals surface area contributed by atoms with Gasteiger partial charge >= 0.3 is 5.69 Å². The zero-order valence-corrected chi connectivity index (χ0v) is 9.96. The molecule has 92 valence electrons. The molecule has 8 heteroatoms. The Bertz CT molecular complexity index is 605. The SMILES string of the molecule is COc1cccnc1-c1nc(Cl)ncc1[N+](=O)[O-]. The number of halogens is 1. The Balaban J connectivity index is 2.69. The minimum Gasteiger partial charge on any atom is -0.494 e. The van der Waals surface area contributed by atoms with Crippen LogP contribution < -0.4 is 4.74 Å². The van der Waals surface area contributed by atoms with Gasteiger partial charge in [0.2, 0.25) is 5.28 Å². The molecule has 0 unspecified atom stereocenters. The average molecular weight is 267 g/mol. The number of methoxy groups -OCH3 is 1. The van der Waals surface area contributed by atoms with E-state index in [0.717, 1.165) is 6.20 Å². The van der Waals surface area contributed by atoms with Crippen LogP contribution in [0.2, 0.25) is 5.28 Å². The Morgan fingerprint density at radius 2 is 2.17 bits per heavy atom. The maximum absolute atomic E-state index is 10.9. The second-order valence-corrected chi connectivity index (χ2v) is 3.52. The Morgan fingerprint density at radius 3 is 2.83 bits per heavy atom. The van der Waals surface area contributed by atoms with E-state index in [9.17, 15) is 10.1 Å². The van der Waals surface area contributed by atoms with Crippen LogP contribution in [0.15, 0.2) is 24.5 Å². The van der Waals surface area contributed by atoms with Crippen molar-refractivity contribution in [3.8, 4) is 17.1 Å². The molecule has 0 saturated heterocycles. The lowest BCUT2D eigenvalue weighted by molar-refractivity contribution is -0.384. The summed E-state index contributed by atoms with van der Waals surface area (Å²) in [6.45, 7) is 0. The first-order chi connectivity index (χ1) is 8.63. The molecule has 7 nitrogen and oxygen atoms in total. The van der Waals surface area contributed by atoms with Crippen molar-refractivity contribution in [2.45, 2.75) is 0 Å². The van der Waals surface area contributed by atoms with Crippen LogP contribution in [-0.2, 0) is 0 Å². The van der Waals surface area contributed by atoms with E-state index in [-0.39, 0.29) is 22.4 Å². The monoisotopic (exact) mass is 266 g/mol. The lowest BCUT2D eigenvalue weighted by Gasteiger charge is -2.06. The largest absolute Gasteiger partial charge is 0.494 e. The molecule has 0 aliphatic heterocycles. The Kier molecular flexibility index (Phi) is 3.33. The van der Waals surface area contributed by atoms with Crippen LogP contribution in [0.4, 0.5) is 5.69 Å². The van der Waals surface area contributed by atoms with Crippen molar-refractivity contribution >= 4 is 17.3 Å². The lowest BCUT2D eigenvalue weighted by Crippen LogP contribution is -2.00. The molecule has 0 aromatic carbocycles. The van der Waals surface area contributed by atoms with Gasteiger partial charge in [0.1, 0.15) is 17.6 Å². The molecule has 18 heavy (non-hydrogen) atoms. The maximum Gasteiger partial charge on any atom is 0.315 e. The van der Waals surface area contributed by atoms with E-state index in [1.807, 2.05) is 0 Å². The Labute approximate surface area is 107 Å². The van der Waals surface area contributed by atoms with Gasteiger partial charge in [-0.05, 0) is 23.7 Å². The van der Waals surface area contributed by atoms with Crippen LogP contribution in [0.1, 0.15) is 0 Å². The van der Waals surface area contributed by atoms with E-state index in [4.69, 9.17) is 16.3 Å². The summed E-state index contributed by atoms with van der Waals surface area (Å²) in [5.74, 6) is 0.371. The molecule has 0 saturated carbocycles. The summed E-state index contributed by atoms with van der Waals surface area (Å²) in [7, 11) is 1.44. The minimum absolute atomic E-state index is 0.0254. The van der Waals surface area contributed by atoms with E-state index in [0.29, 0.717) is 5.75 Å². The van der Waals surface area contributed by atoms with Gasteiger partial charge in [-0.15, -0.1) is 0 Å². The summed E-state index contributed by atoms with van der Waals surface area (Å²) in [6, 6.07) is 3.28. The lowest BCUT2D eigenvalue weighted by atomic mass is 10.2. The molecular weight excluding hydrogens is 260 g/mol. The van der Waals surface area contributed by atoms with Crippen molar-refractivity contribution in [3.05, 3.63) is 39.9 Å². The number of aromatic nitrogens is 3. The first kappa shape index (κ1) is 12.2. The van der Waals surface area contributed by atoms with Gasteiger partial charge in [-0.1, -0.05) is 0 Å². The van der Waals surface area contributed by atoms with Crippen LogP contribution in [-0.4, -0.2) is 27.0 Å². The molecule has 0 fully saturated rings.